The van der Waals surface area contributed by atoms with Crippen molar-refractivity contribution in [3.05, 3.63) is 11.6 Å². The number of aliphatic hydroxyl groups is 3. The smallest absolute Gasteiger partial charge is 0.303 e. The summed E-state index contributed by atoms with van der Waals surface area (Å²) in [5, 5.41) is 32.2. The van der Waals surface area contributed by atoms with Crippen LogP contribution in [0.25, 0.3) is 0 Å². The third-order valence-electron chi connectivity index (χ3n) is 12.8. The first-order valence-corrected chi connectivity index (χ1v) is 17.5. The fraction of sp³-hybridized carbons (Fsp3) is 0.889. The second-order valence-electron chi connectivity index (χ2n) is 15.9. The Bertz CT molecular complexity index is 1100. The lowest BCUT2D eigenvalue weighted by atomic mass is 9.46. The Morgan fingerprint density at radius 3 is 2.51 bits per heavy atom. The highest BCUT2D eigenvalue weighted by Gasteiger charge is 2.60. The zero-order valence-corrected chi connectivity index (χ0v) is 28.3. The van der Waals surface area contributed by atoms with Gasteiger partial charge in [-0.25, -0.2) is 0 Å². The van der Waals surface area contributed by atoms with Crippen LogP contribution in [0.1, 0.15) is 112 Å². The van der Waals surface area contributed by atoms with Crippen molar-refractivity contribution in [2.24, 2.45) is 40.4 Å². The van der Waals surface area contributed by atoms with Gasteiger partial charge in [0.2, 0.25) is 0 Å². The fourth-order valence-corrected chi connectivity index (χ4v) is 10.7. The van der Waals surface area contributed by atoms with E-state index in [-0.39, 0.29) is 30.7 Å². The number of carbonyl (C=O) groups excluding carboxylic acids is 2. The van der Waals surface area contributed by atoms with Crippen molar-refractivity contribution in [1.29, 1.82) is 0 Å². The number of aliphatic hydroxyl groups excluding tert-OH is 3. The van der Waals surface area contributed by atoms with Crippen LogP contribution in [0.5, 0.6) is 0 Å². The lowest BCUT2D eigenvalue weighted by molar-refractivity contribution is -0.287. The number of rotatable bonds is 10. The Morgan fingerprint density at radius 2 is 1.82 bits per heavy atom. The number of hydrogen-bond donors (Lipinski definition) is 3. The Labute approximate surface area is 269 Å². The van der Waals surface area contributed by atoms with E-state index in [1.54, 1.807) is 0 Å². The minimum Gasteiger partial charge on any atom is -0.460 e. The van der Waals surface area contributed by atoms with Crippen LogP contribution in [-0.4, -0.2) is 76.8 Å². The van der Waals surface area contributed by atoms with Crippen molar-refractivity contribution in [2.75, 3.05) is 13.2 Å². The van der Waals surface area contributed by atoms with Crippen molar-refractivity contribution < 1.29 is 43.9 Å². The Kier molecular flexibility index (Phi) is 10.5. The quantitative estimate of drug-likeness (QED) is 0.222. The molecule has 0 radical (unpaired) electrons. The summed E-state index contributed by atoms with van der Waals surface area (Å²) in [5.74, 6) is 2.27. The summed E-state index contributed by atoms with van der Waals surface area (Å²) in [4.78, 5) is 22.8. The summed E-state index contributed by atoms with van der Waals surface area (Å²) in [5.41, 5.74) is 0.961. The molecule has 4 fully saturated rings. The number of ether oxygens (including phenoxy) is 4. The molecule has 45 heavy (non-hydrogen) atoms. The molecule has 3 saturated carbocycles. The molecule has 5 rings (SSSR count). The average Bonchev–Trinajstić information content (AvgIpc) is 3.33. The maximum atomic E-state index is 11.5. The number of esters is 2. The van der Waals surface area contributed by atoms with Gasteiger partial charge in [-0.1, -0.05) is 31.9 Å². The van der Waals surface area contributed by atoms with E-state index >= 15 is 0 Å². The molecule has 1 aliphatic heterocycles. The molecule has 0 unspecified atom stereocenters. The van der Waals surface area contributed by atoms with Crippen molar-refractivity contribution in [3.63, 3.8) is 0 Å². The molecule has 0 aromatic rings. The van der Waals surface area contributed by atoms with Gasteiger partial charge in [0.25, 0.3) is 0 Å². The first-order valence-electron chi connectivity index (χ1n) is 17.5. The molecular weight excluding hydrogens is 576 g/mol. The van der Waals surface area contributed by atoms with Gasteiger partial charge >= 0.3 is 11.9 Å². The monoisotopic (exact) mass is 634 g/mol. The van der Waals surface area contributed by atoms with Gasteiger partial charge in [-0.2, -0.15) is 0 Å². The van der Waals surface area contributed by atoms with Crippen LogP contribution >= 0.6 is 0 Å². The number of allylic oxidation sites excluding steroid dienone is 1. The summed E-state index contributed by atoms with van der Waals surface area (Å²) in [6.45, 7) is 11.9. The van der Waals surface area contributed by atoms with Crippen LogP contribution in [-0.2, 0) is 28.5 Å². The molecule has 0 spiro atoms. The van der Waals surface area contributed by atoms with Crippen molar-refractivity contribution in [3.8, 4) is 0 Å². The van der Waals surface area contributed by atoms with E-state index in [1.165, 1.54) is 38.7 Å². The van der Waals surface area contributed by atoms with Crippen molar-refractivity contribution in [2.45, 2.75) is 148 Å². The molecule has 1 heterocycles. The van der Waals surface area contributed by atoms with Crippen molar-refractivity contribution in [1.82, 2.24) is 0 Å². The summed E-state index contributed by atoms with van der Waals surface area (Å²) in [7, 11) is 0. The van der Waals surface area contributed by atoms with E-state index in [2.05, 4.69) is 19.9 Å². The van der Waals surface area contributed by atoms with E-state index < -0.39 is 36.2 Å². The first-order chi connectivity index (χ1) is 21.2. The average molecular weight is 635 g/mol. The van der Waals surface area contributed by atoms with E-state index in [9.17, 15) is 24.9 Å². The molecule has 0 bridgehead atoms. The minimum absolute atomic E-state index is 0.0335. The lowest BCUT2D eigenvalue weighted by Gasteiger charge is -2.59. The zero-order valence-electron chi connectivity index (χ0n) is 28.3. The summed E-state index contributed by atoms with van der Waals surface area (Å²) >= 11 is 0. The molecular formula is C36H58O9. The molecule has 9 heteroatoms. The Balaban J connectivity index is 1.21. The second kappa shape index (κ2) is 13.5. The Morgan fingerprint density at radius 1 is 1.07 bits per heavy atom. The van der Waals surface area contributed by atoms with Gasteiger partial charge in [-0.15, -0.1) is 0 Å². The topological polar surface area (TPSA) is 132 Å². The first kappa shape index (κ1) is 34.8. The maximum Gasteiger partial charge on any atom is 0.303 e. The summed E-state index contributed by atoms with van der Waals surface area (Å²) in [6, 6.07) is 0. The number of fused-ring (bicyclic) bond motifs is 5. The predicted molar refractivity (Wildman–Crippen MR) is 168 cm³/mol. The third-order valence-corrected chi connectivity index (χ3v) is 12.8. The van der Waals surface area contributed by atoms with E-state index in [4.69, 9.17) is 18.9 Å². The molecule has 3 N–H and O–H groups in total. The van der Waals surface area contributed by atoms with Gasteiger partial charge in [-0.3, -0.25) is 9.59 Å². The molecule has 0 aromatic carbocycles. The lowest BCUT2D eigenvalue weighted by Crippen LogP contribution is -2.56. The van der Waals surface area contributed by atoms with Crippen LogP contribution in [0.4, 0.5) is 0 Å². The van der Waals surface area contributed by atoms with Gasteiger partial charge in [-0.05, 0) is 113 Å². The van der Waals surface area contributed by atoms with Crippen LogP contribution in [0, 0.1) is 40.4 Å². The number of carbonyl (C=O) groups is 2. The highest BCUT2D eigenvalue weighted by Crippen LogP contribution is 2.67. The second-order valence-corrected chi connectivity index (χ2v) is 15.9. The fourth-order valence-electron chi connectivity index (χ4n) is 10.7. The molecule has 12 atom stereocenters. The van der Waals surface area contributed by atoms with Gasteiger partial charge in [0.05, 0.1) is 19.3 Å². The van der Waals surface area contributed by atoms with Gasteiger partial charge < -0.3 is 34.3 Å². The van der Waals surface area contributed by atoms with Crippen molar-refractivity contribution >= 4 is 11.9 Å². The van der Waals surface area contributed by atoms with E-state index in [0.29, 0.717) is 41.4 Å². The predicted octanol–water partition coefficient (Wildman–Crippen LogP) is 5.08. The molecule has 0 aromatic heterocycles. The van der Waals surface area contributed by atoms with E-state index in [1.807, 2.05) is 13.8 Å². The highest BCUT2D eigenvalue weighted by atomic mass is 16.7. The van der Waals surface area contributed by atoms with Gasteiger partial charge in [0.1, 0.15) is 17.8 Å². The van der Waals surface area contributed by atoms with Crippen LogP contribution in [0.2, 0.25) is 0 Å². The molecule has 256 valence electrons. The standard InChI is InChI=1S/C36H58O9/c1-21(8-7-15-34(4,5)45-23(3)39)27-11-12-28-26-10-9-24-18-25(13-17-36(24,20-37)29(26)14-16-35(27,28)6)44-33-32(41)31(40)30(19-42-33)43-22(2)38/h9,21,25-33,37,40-41H,7-8,10-20H2,1-6H3/t21-,25+,26+,27-,28+,29+,30-,31-,32+,33+,35-,36-/m1/s1. The largest absolute Gasteiger partial charge is 0.460 e. The molecule has 1 saturated heterocycles. The van der Waals surface area contributed by atoms with E-state index in [0.717, 1.165) is 44.9 Å². The van der Waals surface area contributed by atoms with Crippen LogP contribution < -0.4 is 0 Å². The highest BCUT2D eigenvalue weighted by molar-refractivity contribution is 5.66. The molecule has 5 aliphatic rings. The number of hydrogen-bond acceptors (Lipinski definition) is 9. The SMILES string of the molecule is CC(=O)O[C@@H]1CO[C@@H](O[C@H]2CC[C@@]3(CO)C(=CC[C@@H]4[C@@H]3CC[C@]3(C)[C@@H]([C@H](C)CCCC(C)(C)OC(C)=O)CC[C@@H]43)C2)[C@@H](O)[C@@H]1O. The Hall–Kier alpha value is -1.52. The molecule has 9 nitrogen and oxygen atoms in total. The third kappa shape index (κ3) is 6.89. The summed E-state index contributed by atoms with van der Waals surface area (Å²) in [6.07, 6.45) is 9.00. The van der Waals surface area contributed by atoms with Crippen LogP contribution in [0.15, 0.2) is 11.6 Å². The van der Waals surface area contributed by atoms with Crippen LogP contribution in [0.3, 0.4) is 0 Å². The van der Waals surface area contributed by atoms with Gasteiger partial charge in [0.15, 0.2) is 12.4 Å². The molecule has 0 amide bonds. The van der Waals surface area contributed by atoms with Gasteiger partial charge in [0, 0.05) is 19.3 Å². The normalized spacial score (nSPS) is 42.1. The zero-order chi connectivity index (χ0) is 32.7. The summed E-state index contributed by atoms with van der Waals surface area (Å²) < 4.78 is 22.5. The molecule has 4 aliphatic carbocycles. The minimum atomic E-state index is -1.31. The maximum absolute atomic E-state index is 11.5.